The SMILES string of the molecule is O=C(O)c1cc(Br)cc([C@H]2COCCN2)c1O. The molecule has 5 nitrogen and oxygen atoms in total. The molecule has 0 radical (unpaired) electrons. The normalized spacial score (nSPS) is 20.2. The number of carbonyl (C=O) groups is 1. The zero-order chi connectivity index (χ0) is 12.4. The van der Waals surface area contributed by atoms with Crippen LogP contribution in [0.25, 0.3) is 0 Å². The Labute approximate surface area is 107 Å². The molecule has 0 aromatic heterocycles. The molecule has 0 unspecified atom stereocenters. The van der Waals surface area contributed by atoms with Gasteiger partial charge in [-0.05, 0) is 12.1 Å². The summed E-state index contributed by atoms with van der Waals surface area (Å²) in [5.74, 6) is -1.36. The maximum absolute atomic E-state index is 11.0. The first kappa shape index (κ1) is 12.3. The topological polar surface area (TPSA) is 78.8 Å². The van der Waals surface area contributed by atoms with Crippen LogP contribution < -0.4 is 5.32 Å². The first-order valence-corrected chi connectivity index (χ1v) is 5.95. The van der Waals surface area contributed by atoms with Gasteiger partial charge in [-0.25, -0.2) is 4.79 Å². The molecule has 1 aliphatic heterocycles. The van der Waals surface area contributed by atoms with Crippen LogP contribution in [-0.2, 0) is 4.74 Å². The number of hydrogen-bond acceptors (Lipinski definition) is 4. The number of morpholine rings is 1. The predicted molar refractivity (Wildman–Crippen MR) is 64.3 cm³/mol. The van der Waals surface area contributed by atoms with Gasteiger partial charge in [0.1, 0.15) is 11.3 Å². The van der Waals surface area contributed by atoms with Gasteiger partial charge in [0.2, 0.25) is 0 Å². The molecule has 6 heteroatoms. The van der Waals surface area contributed by atoms with Gasteiger partial charge in [-0.3, -0.25) is 0 Å². The summed E-state index contributed by atoms with van der Waals surface area (Å²) >= 11 is 3.24. The van der Waals surface area contributed by atoms with Gasteiger partial charge < -0.3 is 20.3 Å². The molecule has 1 atom stereocenters. The fourth-order valence-electron chi connectivity index (χ4n) is 1.81. The monoisotopic (exact) mass is 301 g/mol. The highest BCUT2D eigenvalue weighted by Gasteiger charge is 2.23. The zero-order valence-corrected chi connectivity index (χ0v) is 10.5. The molecule has 1 aromatic rings. The number of aromatic hydroxyl groups is 1. The van der Waals surface area contributed by atoms with Crippen LogP contribution in [0.5, 0.6) is 5.75 Å². The molecule has 17 heavy (non-hydrogen) atoms. The summed E-state index contributed by atoms with van der Waals surface area (Å²) in [7, 11) is 0. The van der Waals surface area contributed by atoms with Crippen LogP contribution in [-0.4, -0.2) is 35.9 Å². The van der Waals surface area contributed by atoms with Crippen molar-refractivity contribution in [3.05, 3.63) is 27.7 Å². The first-order chi connectivity index (χ1) is 8.09. The van der Waals surface area contributed by atoms with Crippen LogP contribution in [0, 0.1) is 0 Å². The minimum Gasteiger partial charge on any atom is -0.507 e. The van der Waals surface area contributed by atoms with Crippen LogP contribution in [0.3, 0.4) is 0 Å². The Kier molecular flexibility index (Phi) is 3.66. The molecule has 1 heterocycles. The van der Waals surface area contributed by atoms with Crippen LogP contribution in [0.2, 0.25) is 0 Å². The number of nitrogens with one attached hydrogen (secondary N) is 1. The van der Waals surface area contributed by atoms with Crippen LogP contribution >= 0.6 is 15.9 Å². The molecule has 3 N–H and O–H groups in total. The van der Waals surface area contributed by atoms with Gasteiger partial charge in [-0.1, -0.05) is 15.9 Å². The molecule has 0 amide bonds. The van der Waals surface area contributed by atoms with E-state index in [0.717, 1.165) is 0 Å². The molecule has 92 valence electrons. The molecular weight excluding hydrogens is 290 g/mol. The average molecular weight is 302 g/mol. The van der Waals surface area contributed by atoms with Crippen molar-refractivity contribution in [3.8, 4) is 5.75 Å². The summed E-state index contributed by atoms with van der Waals surface area (Å²) in [5, 5.41) is 22.1. The van der Waals surface area contributed by atoms with Crippen molar-refractivity contribution >= 4 is 21.9 Å². The minimum absolute atomic E-state index is 0.109. The van der Waals surface area contributed by atoms with Crippen molar-refractivity contribution in [1.29, 1.82) is 0 Å². The van der Waals surface area contributed by atoms with Crippen molar-refractivity contribution in [1.82, 2.24) is 5.32 Å². The molecule has 1 aromatic carbocycles. The third-order valence-corrected chi connectivity index (χ3v) is 3.09. The van der Waals surface area contributed by atoms with E-state index in [2.05, 4.69) is 21.2 Å². The zero-order valence-electron chi connectivity index (χ0n) is 8.94. The highest BCUT2D eigenvalue weighted by Crippen LogP contribution is 2.32. The molecule has 0 spiro atoms. The van der Waals surface area contributed by atoms with Gasteiger partial charge in [0.05, 0.1) is 19.3 Å². The Balaban J connectivity index is 2.41. The van der Waals surface area contributed by atoms with Crippen molar-refractivity contribution in [3.63, 3.8) is 0 Å². The molecular formula is C11H12BrNO4. The van der Waals surface area contributed by atoms with E-state index in [9.17, 15) is 9.90 Å². The van der Waals surface area contributed by atoms with Crippen molar-refractivity contribution in [2.45, 2.75) is 6.04 Å². The highest BCUT2D eigenvalue weighted by atomic mass is 79.9. The van der Waals surface area contributed by atoms with Crippen LogP contribution in [0.15, 0.2) is 16.6 Å². The lowest BCUT2D eigenvalue weighted by molar-refractivity contribution is 0.0687. The lowest BCUT2D eigenvalue weighted by Crippen LogP contribution is -2.34. The van der Waals surface area contributed by atoms with E-state index in [1.165, 1.54) is 6.07 Å². The third kappa shape index (κ3) is 2.59. The van der Waals surface area contributed by atoms with Gasteiger partial charge in [0.25, 0.3) is 0 Å². The van der Waals surface area contributed by atoms with E-state index < -0.39 is 5.97 Å². The van der Waals surface area contributed by atoms with Crippen LogP contribution in [0.4, 0.5) is 0 Å². The number of ether oxygens (including phenoxy) is 1. The Bertz CT molecular complexity index is 443. The van der Waals surface area contributed by atoms with Gasteiger partial charge in [0, 0.05) is 16.6 Å². The summed E-state index contributed by atoms with van der Waals surface area (Å²) in [6, 6.07) is 2.90. The van der Waals surface area contributed by atoms with Crippen LogP contribution in [0.1, 0.15) is 22.0 Å². The molecule has 1 saturated heterocycles. The summed E-state index contributed by atoms with van der Waals surface area (Å²) in [4.78, 5) is 11.0. The number of hydrogen-bond donors (Lipinski definition) is 3. The average Bonchev–Trinajstić information content (AvgIpc) is 2.32. The number of carboxylic acids is 1. The molecule has 1 fully saturated rings. The number of carboxylic acid groups (broad SMARTS) is 1. The van der Waals surface area contributed by atoms with Crippen molar-refractivity contribution in [2.75, 3.05) is 19.8 Å². The number of aromatic carboxylic acids is 1. The maximum atomic E-state index is 11.0. The van der Waals surface area contributed by atoms with E-state index in [1.807, 2.05) is 0 Å². The quantitative estimate of drug-likeness (QED) is 0.772. The van der Waals surface area contributed by atoms with E-state index in [0.29, 0.717) is 29.8 Å². The van der Waals surface area contributed by atoms with E-state index in [-0.39, 0.29) is 17.4 Å². The summed E-state index contributed by atoms with van der Waals surface area (Å²) in [5.41, 5.74) is 0.429. The Morgan fingerprint density at radius 3 is 2.88 bits per heavy atom. The maximum Gasteiger partial charge on any atom is 0.339 e. The van der Waals surface area contributed by atoms with Gasteiger partial charge in [-0.15, -0.1) is 0 Å². The molecule has 1 aliphatic rings. The lowest BCUT2D eigenvalue weighted by Gasteiger charge is -2.25. The van der Waals surface area contributed by atoms with Gasteiger partial charge >= 0.3 is 5.97 Å². The fourth-order valence-corrected chi connectivity index (χ4v) is 2.29. The highest BCUT2D eigenvalue weighted by molar-refractivity contribution is 9.10. The second-order valence-electron chi connectivity index (χ2n) is 3.78. The third-order valence-electron chi connectivity index (χ3n) is 2.63. The predicted octanol–water partition coefficient (Wildman–Crippen LogP) is 1.51. The number of phenols is 1. The first-order valence-electron chi connectivity index (χ1n) is 5.16. The van der Waals surface area contributed by atoms with E-state index >= 15 is 0 Å². The second kappa shape index (κ2) is 5.03. The Hall–Kier alpha value is -1.11. The lowest BCUT2D eigenvalue weighted by atomic mass is 10.0. The Morgan fingerprint density at radius 2 is 2.29 bits per heavy atom. The number of halogens is 1. The Morgan fingerprint density at radius 1 is 1.53 bits per heavy atom. The fraction of sp³-hybridized carbons (Fsp3) is 0.364. The van der Waals surface area contributed by atoms with Crippen molar-refractivity contribution < 1.29 is 19.7 Å². The van der Waals surface area contributed by atoms with Gasteiger partial charge in [-0.2, -0.15) is 0 Å². The number of rotatable bonds is 2. The minimum atomic E-state index is -1.15. The van der Waals surface area contributed by atoms with Gasteiger partial charge in [0.15, 0.2) is 0 Å². The second-order valence-corrected chi connectivity index (χ2v) is 4.69. The van der Waals surface area contributed by atoms with E-state index in [4.69, 9.17) is 9.84 Å². The van der Waals surface area contributed by atoms with E-state index in [1.54, 1.807) is 6.07 Å². The molecule has 0 saturated carbocycles. The summed E-state index contributed by atoms with van der Waals surface area (Å²) < 4.78 is 5.92. The molecule has 0 bridgehead atoms. The summed E-state index contributed by atoms with van der Waals surface area (Å²) in [6.45, 7) is 1.72. The standard InChI is InChI=1S/C11H12BrNO4/c12-6-3-7(9-5-17-2-1-13-9)10(14)8(4-6)11(15)16/h3-4,9,13-14H,1-2,5H2,(H,15,16)/t9-/m1/s1. The molecule has 0 aliphatic carbocycles. The smallest absolute Gasteiger partial charge is 0.339 e. The summed E-state index contributed by atoms with van der Waals surface area (Å²) in [6.07, 6.45) is 0. The molecule has 2 rings (SSSR count). The van der Waals surface area contributed by atoms with Crippen molar-refractivity contribution in [2.24, 2.45) is 0 Å². The largest absolute Gasteiger partial charge is 0.507 e. The number of benzene rings is 1.